The Morgan fingerprint density at radius 3 is 2.69 bits per heavy atom. The zero-order chi connectivity index (χ0) is 10.0. The van der Waals surface area contributed by atoms with Crippen molar-refractivity contribution in [3.63, 3.8) is 0 Å². The van der Waals surface area contributed by atoms with Crippen LogP contribution in [0.2, 0.25) is 5.02 Å². The SMILES string of the molecule is Cc1nn(C)c(CC(N)CO)c1Cl. The Morgan fingerprint density at radius 2 is 2.31 bits per heavy atom. The maximum atomic E-state index is 8.79. The number of nitrogens with two attached hydrogens (primary N) is 1. The summed E-state index contributed by atoms with van der Waals surface area (Å²) < 4.78 is 1.70. The van der Waals surface area contributed by atoms with Gasteiger partial charge in [0.05, 0.1) is 23.0 Å². The predicted octanol–water partition coefficient (Wildman–Crippen LogP) is 0.244. The van der Waals surface area contributed by atoms with E-state index >= 15 is 0 Å². The lowest BCUT2D eigenvalue weighted by Crippen LogP contribution is -2.28. The van der Waals surface area contributed by atoms with E-state index in [1.165, 1.54) is 0 Å². The normalized spacial score (nSPS) is 13.3. The highest BCUT2D eigenvalue weighted by atomic mass is 35.5. The van der Waals surface area contributed by atoms with Gasteiger partial charge in [0.15, 0.2) is 0 Å². The maximum absolute atomic E-state index is 8.79. The monoisotopic (exact) mass is 203 g/mol. The molecule has 0 amide bonds. The fourth-order valence-corrected chi connectivity index (χ4v) is 1.45. The third kappa shape index (κ3) is 2.21. The zero-order valence-electron chi connectivity index (χ0n) is 7.79. The number of aliphatic hydroxyl groups excluding tert-OH is 1. The van der Waals surface area contributed by atoms with Gasteiger partial charge in [0.25, 0.3) is 0 Å². The number of hydrogen-bond donors (Lipinski definition) is 2. The Bertz CT molecular complexity index is 298. The van der Waals surface area contributed by atoms with Crippen LogP contribution in [0, 0.1) is 6.92 Å². The molecule has 0 spiro atoms. The van der Waals surface area contributed by atoms with Crippen LogP contribution < -0.4 is 5.73 Å². The Hall–Kier alpha value is -0.580. The molecule has 1 atom stereocenters. The first kappa shape index (κ1) is 10.5. The highest BCUT2D eigenvalue weighted by Crippen LogP contribution is 2.20. The number of aliphatic hydroxyl groups is 1. The molecular formula is C8H14ClN3O. The molecule has 1 unspecified atom stereocenters. The van der Waals surface area contributed by atoms with Crippen molar-refractivity contribution in [3.8, 4) is 0 Å². The second kappa shape index (κ2) is 4.09. The van der Waals surface area contributed by atoms with Crippen LogP contribution in [0.1, 0.15) is 11.4 Å². The minimum Gasteiger partial charge on any atom is -0.395 e. The van der Waals surface area contributed by atoms with Gasteiger partial charge in [-0.05, 0) is 6.92 Å². The molecule has 5 heteroatoms. The molecule has 0 aliphatic rings. The van der Waals surface area contributed by atoms with Crippen molar-refractivity contribution in [2.45, 2.75) is 19.4 Å². The fourth-order valence-electron chi connectivity index (χ4n) is 1.21. The van der Waals surface area contributed by atoms with E-state index in [0.29, 0.717) is 11.4 Å². The van der Waals surface area contributed by atoms with Gasteiger partial charge < -0.3 is 10.8 Å². The van der Waals surface area contributed by atoms with Crippen LogP contribution in [-0.2, 0) is 13.5 Å². The van der Waals surface area contributed by atoms with E-state index in [1.807, 2.05) is 14.0 Å². The molecule has 0 aromatic carbocycles. The molecule has 0 saturated carbocycles. The third-order valence-electron chi connectivity index (χ3n) is 1.95. The summed E-state index contributed by atoms with van der Waals surface area (Å²) in [7, 11) is 1.82. The maximum Gasteiger partial charge on any atom is 0.0847 e. The third-order valence-corrected chi connectivity index (χ3v) is 2.44. The molecular weight excluding hydrogens is 190 g/mol. The second-order valence-electron chi connectivity index (χ2n) is 3.12. The summed E-state index contributed by atoms with van der Waals surface area (Å²) in [5, 5.41) is 13.6. The number of rotatable bonds is 3. The van der Waals surface area contributed by atoms with Crippen LogP contribution in [0.15, 0.2) is 0 Å². The summed E-state index contributed by atoms with van der Waals surface area (Å²) >= 11 is 5.99. The smallest absolute Gasteiger partial charge is 0.0847 e. The lowest BCUT2D eigenvalue weighted by atomic mass is 10.2. The first-order valence-electron chi connectivity index (χ1n) is 4.10. The van der Waals surface area contributed by atoms with Crippen LogP contribution in [0.3, 0.4) is 0 Å². The molecule has 74 valence electrons. The summed E-state index contributed by atoms with van der Waals surface area (Å²) in [6.07, 6.45) is 0.548. The Kier molecular flexibility index (Phi) is 3.30. The standard InChI is InChI=1S/C8H14ClN3O/c1-5-8(9)7(12(2)11-5)3-6(10)4-13/h6,13H,3-4,10H2,1-2H3. The van der Waals surface area contributed by atoms with E-state index in [9.17, 15) is 0 Å². The Labute approximate surface area is 82.3 Å². The van der Waals surface area contributed by atoms with Crippen molar-refractivity contribution >= 4 is 11.6 Å². The number of aryl methyl sites for hydroxylation is 2. The van der Waals surface area contributed by atoms with Crippen LogP contribution in [0.4, 0.5) is 0 Å². The first-order valence-corrected chi connectivity index (χ1v) is 4.48. The van der Waals surface area contributed by atoms with Gasteiger partial charge in [0.2, 0.25) is 0 Å². The predicted molar refractivity (Wildman–Crippen MR) is 51.7 cm³/mol. The molecule has 1 aromatic heterocycles. The lowest BCUT2D eigenvalue weighted by Gasteiger charge is -2.08. The van der Waals surface area contributed by atoms with Crippen LogP contribution in [0.25, 0.3) is 0 Å². The van der Waals surface area contributed by atoms with E-state index in [4.69, 9.17) is 22.4 Å². The van der Waals surface area contributed by atoms with E-state index in [-0.39, 0.29) is 12.6 Å². The molecule has 1 aromatic rings. The second-order valence-corrected chi connectivity index (χ2v) is 3.49. The molecule has 0 bridgehead atoms. The van der Waals surface area contributed by atoms with Gasteiger partial charge in [0.1, 0.15) is 0 Å². The van der Waals surface area contributed by atoms with Gasteiger partial charge in [-0.15, -0.1) is 0 Å². The van der Waals surface area contributed by atoms with Gasteiger partial charge >= 0.3 is 0 Å². The van der Waals surface area contributed by atoms with E-state index < -0.39 is 0 Å². The fraction of sp³-hybridized carbons (Fsp3) is 0.625. The molecule has 1 rings (SSSR count). The number of aromatic nitrogens is 2. The first-order chi connectivity index (χ1) is 6.06. The molecule has 13 heavy (non-hydrogen) atoms. The lowest BCUT2D eigenvalue weighted by molar-refractivity contribution is 0.264. The number of hydrogen-bond acceptors (Lipinski definition) is 3. The van der Waals surface area contributed by atoms with Gasteiger partial charge in [-0.25, -0.2) is 0 Å². The van der Waals surface area contributed by atoms with Crippen molar-refractivity contribution < 1.29 is 5.11 Å². The van der Waals surface area contributed by atoms with E-state index in [0.717, 1.165) is 11.4 Å². The number of nitrogens with zero attached hydrogens (tertiary/aromatic N) is 2. The minimum atomic E-state index is -0.271. The summed E-state index contributed by atoms with van der Waals surface area (Å²) in [6.45, 7) is 1.80. The topological polar surface area (TPSA) is 64.1 Å². The summed E-state index contributed by atoms with van der Waals surface area (Å²) in [5.41, 5.74) is 7.27. The quantitative estimate of drug-likeness (QED) is 0.740. The van der Waals surface area contributed by atoms with Crippen molar-refractivity contribution in [3.05, 3.63) is 16.4 Å². The molecule has 0 aliphatic heterocycles. The summed E-state index contributed by atoms with van der Waals surface area (Å²) in [5.74, 6) is 0. The molecule has 0 saturated heterocycles. The van der Waals surface area contributed by atoms with Gasteiger partial charge in [-0.3, -0.25) is 4.68 Å². The highest BCUT2D eigenvalue weighted by molar-refractivity contribution is 6.31. The number of halogens is 1. The van der Waals surface area contributed by atoms with Crippen LogP contribution >= 0.6 is 11.6 Å². The van der Waals surface area contributed by atoms with Crippen molar-refractivity contribution in [2.75, 3.05) is 6.61 Å². The molecule has 0 radical (unpaired) electrons. The van der Waals surface area contributed by atoms with Crippen molar-refractivity contribution in [1.82, 2.24) is 9.78 Å². The van der Waals surface area contributed by atoms with Gasteiger partial charge in [-0.1, -0.05) is 11.6 Å². The summed E-state index contributed by atoms with van der Waals surface area (Å²) in [6, 6.07) is -0.271. The molecule has 4 nitrogen and oxygen atoms in total. The van der Waals surface area contributed by atoms with Crippen molar-refractivity contribution in [2.24, 2.45) is 12.8 Å². The average Bonchev–Trinajstić information content (AvgIpc) is 2.32. The molecule has 3 N–H and O–H groups in total. The minimum absolute atomic E-state index is 0.0411. The van der Waals surface area contributed by atoms with Crippen molar-refractivity contribution in [1.29, 1.82) is 0 Å². The molecule has 1 heterocycles. The van der Waals surface area contributed by atoms with Gasteiger partial charge in [0, 0.05) is 19.5 Å². The average molecular weight is 204 g/mol. The largest absolute Gasteiger partial charge is 0.395 e. The van der Waals surface area contributed by atoms with Crippen LogP contribution in [0.5, 0.6) is 0 Å². The zero-order valence-corrected chi connectivity index (χ0v) is 8.54. The highest BCUT2D eigenvalue weighted by Gasteiger charge is 2.13. The van der Waals surface area contributed by atoms with E-state index in [2.05, 4.69) is 5.10 Å². The Morgan fingerprint density at radius 1 is 1.69 bits per heavy atom. The van der Waals surface area contributed by atoms with Crippen LogP contribution in [-0.4, -0.2) is 27.5 Å². The van der Waals surface area contributed by atoms with Gasteiger partial charge in [-0.2, -0.15) is 5.10 Å². The van der Waals surface area contributed by atoms with E-state index in [1.54, 1.807) is 4.68 Å². The molecule has 0 aliphatic carbocycles. The molecule has 0 fully saturated rings. The summed E-state index contributed by atoms with van der Waals surface area (Å²) in [4.78, 5) is 0. The Balaban J connectivity index is 2.87.